The summed E-state index contributed by atoms with van der Waals surface area (Å²) in [7, 11) is 0. The highest BCUT2D eigenvalue weighted by molar-refractivity contribution is 5.21. The molecule has 96 valence electrons. The van der Waals surface area contributed by atoms with Gasteiger partial charge in [-0.1, -0.05) is 18.2 Å². The average Bonchev–Trinajstić information content (AvgIpc) is 2.86. The smallest absolute Gasteiger partial charge is 0.126 e. The normalized spacial score (nSPS) is 12.6. The molecule has 0 radical (unpaired) electrons. The molecule has 0 bridgehead atoms. The third kappa shape index (κ3) is 2.75. The van der Waals surface area contributed by atoms with E-state index in [4.69, 9.17) is 5.84 Å². The molecule has 1 unspecified atom stereocenters. The Morgan fingerprint density at radius 3 is 2.83 bits per heavy atom. The van der Waals surface area contributed by atoms with E-state index in [-0.39, 0.29) is 11.9 Å². The van der Waals surface area contributed by atoms with E-state index >= 15 is 0 Å². The van der Waals surface area contributed by atoms with Crippen LogP contribution in [0.3, 0.4) is 0 Å². The van der Waals surface area contributed by atoms with Gasteiger partial charge in [-0.3, -0.25) is 16.0 Å². The molecule has 0 fully saturated rings. The van der Waals surface area contributed by atoms with Crippen molar-refractivity contribution in [3.05, 3.63) is 53.6 Å². The number of nitrogens with one attached hydrogen (secondary N) is 1. The highest BCUT2D eigenvalue weighted by Crippen LogP contribution is 2.19. The van der Waals surface area contributed by atoms with Gasteiger partial charge in [-0.25, -0.2) is 4.39 Å². The predicted octanol–water partition coefficient (Wildman–Crippen LogP) is 1.79. The van der Waals surface area contributed by atoms with Crippen LogP contribution in [0.1, 0.15) is 24.1 Å². The average molecular weight is 248 g/mol. The highest BCUT2D eigenvalue weighted by atomic mass is 19.1. The summed E-state index contributed by atoms with van der Waals surface area (Å²) in [4.78, 5) is 0. The van der Waals surface area contributed by atoms with Crippen LogP contribution in [0.4, 0.5) is 4.39 Å². The summed E-state index contributed by atoms with van der Waals surface area (Å²) in [5.74, 6) is 5.34. The quantitative estimate of drug-likeness (QED) is 0.626. The first kappa shape index (κ1) is 12.7. The summed E-state index contributed by atoms with van der Waals surface area (Å²) in [5.41, 5.74) is 4.32. The standard InChI is InChI=1S/C13H17FN4/c1-2-18-9-11(8-16-18)13(17-15)7-10-5-3-4-6-12(10)14/h3-6,8-9,13,17H,2,7,15H2,1H3. The predicted molar refractivity (Wildman–Crippen MR) is 68.1 cm³/mol. The first-order valence-electron chi connectivity index (χ1n) is 5.96. The second kappa shape index (κ2) is 5.75. The van der Waals surface area contributed by atoms with Crippen LogP contribution in [0.5, 0.6) is 0 Å². The van der Waals surface area contributed by atoms with E-state index < -0.39 is 0 Å². The molecule has 18 heavy (non-hydrogen) atoms. The molecule has 0 aliphatic rings. The number of rotatable bonds is 5. The molecule has 0 aliphatic heterocycles. The molecule has 0 spiro atoms. The lowest BCUT2D eigenvalue weighted by Crippen LogP contribution is -2.29. The lowest BCUT2D eigenvalue weighted by Gasteiger charge is -2.14. The van der Waals surface area contributed by atoms with E-state index in [1.807, 2.05) is 23.9 Å². The van der Waals surface area contributed by atoms with Crippen molar-refractivity contribution in [2.75, 3.05) is 0 Å². The number of aromatic nitrogens is 2. The molecule has 1 aromatic heterocycles. The third-order valence-electron chi connectivity index (χ3n) is 2.96. The number of nitrogens with zero attached hydrogens (tertiary/aromatic N) is 2. The van der Waals surface area contributed by atoms with Crippen molar-refractivity contribution in [3.63, 3.8) is 0 Å². The summed E-state index contributed by atoms with van der Waals surface area (Å²) < 4.78 is 15.4. The SMILES string of the molecule is CCn1cc(C(Cc2ccccc2F)NN)cn1. The van der Waals surface area contributed by atoms with Gasteiger partial charge in [0, 0.05) is 18.3 Å². The molecular formula is C13H17FN4. The number of benzene rings is 1. The number of hydrogen-bond acceptors (Lipinski definition) is 3. The fourth-order valence-electron chi connectivity index (χ4n) is 1.89. The van der Waals surface area contributed by atoms with Crippen LogP contribution in [-0.2, 0) is 13.0 Å². The Hall–Kier alpha value is -1.72. The molecule has 2 aromatic rings. The maximum absolute atomic E-state index is 13.6. The minimum atomic E-state index is -0.208. The second-order valence-electron chi connectivity index (χ2n) is 4.14. The van der Waals surface area contributed by atoms with Crippen LogP contribution in [0.25, 0.3) is 0 Å². The Bertz CT molecular complexity index is 509. The van der Waals surface area contributed by atoms with E-state index in [1.165, 1.54) is 6.07 Å². The second-order valence-corrected chi connectivity index (χ2v) is 4.14. The summed E-state index contributed by atoms with van der Waals surface area (Å²) in [6.45, 7) is 2.81. The van der Waals surface area contributed by atoms with Crippen molar-refractivity contribution in [2.24, 2.45) is 5.84 Å². The summed E-state index contributed by atoms with van der Waals surface area (Å²) >= 11 is 0. The van der Waals surface area contributed by atoms with Gasteiger partial charge >= 0.3 is 0 Å². The first-order valence-corrected chi connectivity index (χ1v) is 5.96. The maximum Gasteiger partial charge on any atom is 0.126 e. The molecule has 0 amide bonds. The number of hydrogen-bond donors (Lipinski definition) is 2. The first-order chi connectivity index (χ1) is 8.74. The van der Waals surface area contributed by atoms with Crippen molar-refractivity contribution < 1.29 is 4.39 Å². The van der Waals surface area contributed by atoms with Crippen molar-refractivity contribution in [1.29, 1.82) is 0 Å². The molecule has 1 heterocycles. The third-order valence-corrected chi connectivity index (χ3v) is 2.96. The molecule has 4 nitrogen and oxygen atoms in total. The molecule has 2 rings (SSSR count). The summed E-state index contributed by atoms with van der Waals surface area (Å²) in [6, 6.07) is 6.59. The Labute approximate surface area is 106 Å². The number of hydrazine groups is 1. The Morgan fingerprint density at radius 1 is 1.44 bits per heavy atom. The Balaban J connectivity index is 2.17. The van der Waals surface area contributed by atoms with Crippen molar-refractivity contribution in [1.82, 2.24) is 15.2 Å². The zero-order valence-corrected chi connectivity index (χ0v) is 10.3. The molecular weight excluding hydrogens is 231 g/mol. The maximum atomic E-state index is 13.6. The summed E-state index contributed by atoms with van der Waals surface area (Å²) in [5, 5.41) is 4.19. The molecule has 5 heteroatoms. The Morgan fingerprint density at radius 2 is 2.22 bits per heavy atom. The summed E-state index contributed by atoms with van der Waals surface area (Å²) in [6.07, 6.45) is 4.18. The van der Waals surface area contributed by atoms with Crippen LogP contribution >= 0.6 is 0 Å². The van der Waals surface area contributed by atoms with Crippen LogP contribution in [0.2, 0.25) is 0 Å². The van der Waals surface area contributed by atoms with Crippen LogP contribution in [0.15, 0.2) is 36.7 Å². The number of aryl methyl sites for hydroxylation is 1. The highest BCUT2D eigenvalue weighted by Gasteiger charge is 2.14. The van der Waals surface area contributed by atoms with Crippen LogP contribution in [0, 0.1) is 5.82 Å². The minimum Gasteiger partial charge on any atom is -0.273 e. The topological polar surface area (TPSA) is 55.9 Å². The van der Waals surface area contributed by atoms with Gasteiger partial charge in [0.2, 0.25) is 0 Å². The monoisotopic (exact) mass is 248 g/mol. The largest absolute Gasteiger partial charge is 0.273 e. The molecule has 1 aromatic carbocycles. The molecule has 3 N–H and O–H groups in total. The van der Waals surface area contributed by atoms with E-state index in [2.05, 4.69) is 10.5 Å². The molecule has 0 saturated heterocycles. The van der Waals surface area contributed by atoms with Gasteiger partial charge in [0.1, 0.15) is 5.82 Å². The lowest BCUT2D eigenvalue weighted by atomic mass is 10.0. The van der Waals surface area contributed by atoms with Crippen LogP contribution < -0.4 is 11.3 Å². The minimum absolute atomic E-state index is 0.137. The van der Waals surface area contributed by atoms with Gasteiger partial charge in [0.25, 0.3) is 0 Å². The van der Waals surface area contributed by atoms with E-state index in [1.54, 1.807) is 18.3 Å². The molecule has 0 aliphatic carbocycles. The fourth-order valence-corrected chi connectivity index (χ4v) is 1.89. The Kier molecular flexibility index (Phi) is 4.07. The van der Waals surface area contributed by atoms with E-state index in [9.17, 15) is 4.39 Å². The van der Waals surface area contributed by atoms with E-state index in [0.717, 1.165) is 12.1 Å². The fraction of sp³-hybridized carbons (Fsp3) is 0.308. The zero-order chi connectivity index (χ0) is 13.0. The molecule has 1 atom stereocenters. The van der Waals surface area contributed by atoms with Gasteiger partial charge in [-0.05, 0) is 25.0 Å². The van der Waals surface area contributed by atoms with E-state index in [0.29, 0.717) is 12.0 Å². The van der Waals surface area contributed by atoms with Gasteiger partial charge in [-0.15, -0.1) is 0 Å². The number of nitrogens with two attached hydrogens (primary N) is 1. The van der Waals surface area contributed by atoms with Crippen molar-refractivity contribution in [3.8, 4) is 0 Å². The molecule has 0 saturated carbocycles. The lowest BCUT2D eigenvalue weighted by molar-refractivity contribution is 0.528. The van der Waals surface area contributed by atoms with Gasteiger partial charge in [0.15, 0.2) is 0 Å². The van der Waals surface area contributed by atoms with Crippen LogP contribution in [-0.4, -0.2) is 9.78 Å². The van der Waals surface area contributed by atoms with Gasteiger partial charge in [0.05, 0.1) is 12.2 Å². The number of halogens is 1. The van der Waals surface area contributed by atoms with Gasteiger partial charge in [-0.2, -0.15) is 5.10 Å². The van der Waals surface area contributed by atoms with Crippen molar-refractivity contribution in [2.45, 2.75) is 25.9 Å². The van der Waals surface area contributed by atoms with Crippen molar-refractivity contribution >= 4 is 0 Å². The van der Waals surface area contributed by atoms with Gasteiger partial charge < -0.3 is 0 Å². The zero-order valence-electron chi connectivity index (χ0n) is 10.3.